The monoisotopic (exact) mass is 386 g/mol. The minimum Gasteiger partial charge on any atom is -0.363 e. The molecule has 1 aliphatic rings. The van der Waals surface area contributed by atoms with Gasteiger partial charge in [0.15, 0.2) is 5.69 Å². The van der Waals surface area contributed by atoms with E-state index in [0.29, 0.717) is 37.0 Å². The SMILES string of the molecule is CN(C)c1cc(C(F)(F)F)nc(N2CCN(c3ncccc3Cl)CC2)n1. The van der Waals surface area contributed by atoms with Crippen LogP contribution in [0.25, 0.3) is 0 Å². The summed E-state index contributed by atoms with van der Waals surface area (Å²) in [5.41, 5.74) is -0.943. The molecule has 140 valence electrons. The van der Waals surface area contributed by atoms with E-state index in [1.807, 2.05) is 4.90 Å². The summed E-state index contributed by atoms with van der Waals surface area (Å²) in [7, 11) is 3.29. The van der Waals surface area contributed by atoms with Crippen molar-refractivity contribution in [2.24, 2.45) is 0 Å². The average molecular weight is 387 g/mol. The first-order valence-electron chi connectivity index (χ1n) is 8.00. The first kappa shape index (κ1) is 18.5. The van der Waals surface area contributed by atoms with Crippen LogP contribution < -0.4 is 14.7 Å². The van der Waals surface area contributed by atoms with Gasteiger partial charge in [-0.2, -0.15) is 18.2 Å². The van der Waals surface area contributed by atoms with Gasteiger partial charge in [-0.3, -0.25) is 0 Å². The maximum atomic E-state index is 13.1. The van der Waals surface area contributed by atoms with Crippen LogP contribution in [0.4, 0.5) is 30.8 Å². The lowest BCUT2D eigenvalue weighted by Crippen LogP contribution is -2.47. The van der Waals surface area contributed by atoms with E-state index in [1.54, 1.807) is 37.3 Å². The van der Waals surface area contributed by atoms with Crippen LogP contribution in [0, 0.1) is 0 Å². The highest BCUT2D eigenvalue weighted by atomic mass is 35.5. The lowest BCUT2D eigenvalue weighted by molar-refractivity contribution is -0.141. The summed E-state index contributed by atoms with van der Waals surface area (Å²) in [6, 6.07) is 4.46. The molecule has 0 unspecified atom stereocenters. The van der Waals surface area contributed by atoms with Crippen molar-refractivity contribution < 1.29 is 13.2 Å². The maximum Gasteiger partial charge on any atom is 0.433 e. The molecule has 0 saturated carbocycles. The van der Waals surface area contributed by atoms with Crippen LogP contribution in [0.15, 0.2) is 24.4 Å². The summed E-state index contributed by atoms with van der Waals surface area (Å²) in [4.78, 5) is 17.5. The van der Waals surface area contributed by atoms with Gasteiger partial charge >= 0.3 is 6.18 Å². The van der Waals surface area contributed by atoms with Crippen LogP contribution in [0.5, 0.6) is 0 Å². The van der Waals surface area contributed by atoms with Crippen molar-refractivity contribution in [2.75, 3.05) is 55.0 Å². The van der Waals surface area contributed by atoms with E-state index in [1.165, 1.54) is 4.90 Å². The molecule has 3 rings (SSSR count). The van der Waals surface area contributed by atoms with Gasteiger partial charge in [0.1, 0.15) is 11.6 Å². The normalized spacial score (nSPS) is 15.3. The quantitative estimate of drug-likeness (QED) is 0.808. The lowest BCUT2D eigenvalue weighted by atomic mass is 10.3. The van der Waals surface area contributed by atoms with Crippen LogP contribution in [-0.4, -0.2) is 55.2 Å². The van der Waals surface area contributed by atoms with Crippen molar-refractivity contribution in [1.29, 1.82) is 0 Å². The highest BCUT2D eigenvalue weighted by Gasteiger charge is 2.35. The number of nitrogens with zero attached hydrogens (tertiary/aromatic N) is 6. The first-order chi connectivity index (χ1) is 12.3. The van der Waals surface area contributed by atoms with E-state index in [4.69, 9.17) is 11.6 Å². The number of hydrogen-bond donors (Lipinski definition) is 0. The van der Waals surface area contributed by atoms with Gasteiger partial charge < -0.3 is 14.7 Å². The molecule has 1 fully saturated rings. The van der Waals surface area contributed by atoms with Crippen molar-refractivity contribution in [1.82, 2.24) is 15.0 Å². The molecule has 0 radical (unpaired) electrons. The van der Waals surface area contributed by atoms with Gasteiger partial charge in [-0.15, -0.1) is 0 Å². The maximum absolute atomic E-state index is 13.1. The highest BCUT2D eigenvalue weighted by Crippen LogP contribution is 2.31. The highest BCUT2D eigenvalue weighted by molar-refractivity contribution is 6.32. The third-order valence-electron chi connectivity index (χ3n) is 4.05. The molecular formula is C16H18ClF3N6. The molecule has 0 atom stereocenters. The van der Waals surface area contributed by atoms with Crippen molar-refractivity contribution in [2.45, 2.75) is 6.18 Å². The van der Waals surface area contributed by atoms with Crippen molar-refractivity contribution in [3.8, 4) is 0 Å². The number of pyridine rings is 1. The summed E-state index contributed by atoms with van der Waals surface area (Å²) in [5, 5.41) is 0.547. The fraction of sp³-hybridized carbons (Fsp3) is 0.438. The molecule has 0 amide bonds. The Bertz CT molecular complexity index is 775. The van der Waals surface area contributed by atoms with Gasteiger partial charge in [0.05, 0.1) is 5.02 Å². The minimum atomic E-state index is -4.52. The molecule has 0 N–H and O–H groups in total. The summed E-state index contributed by atoms with van der Waals surface area (Å²) >= 11 is 6.16. The Morgan fingerprint density at radius 2 is 1.73 bits per heavy atom. The van der Waals surface area contributed by atoms with Crippen LogP contribution in [0.3, 0.4) is 0 Å². The molecule has 1 aliphatic heterocycles. The van der Waals surface area contributed by atoms with Gasteiger partial charge in [0, 0.05) is 52.5 Å². The Balaban J connectivity index is 1.81. The Labute approximate surface area is 154 Å². The lowest BCUT2D eigenvalue weighted by Gasteiger charge is -2.36. The number of halogens is 4. The Kier molecular flexibility index (Phi) is 5.08. The minimum absolute atomic E-state index is 0.0790. The summed E-state index contributed by atoms with van der Waals surface area (Å²) in [5.74, 6) is 0.973. The summed E-state index contributed by atoms with van der Waals surface area (Å²) in [6.45, 7) is 2.07. The van der Waals surface area contributed by atoms with Gasteiger partial charge in [-0.05, 0) is 12.1 Å². The second kappa shape index (κ2) is 7.14. The summed E-state index contributed by atoms with van der Waals surface area (Å²) in [6.07, 6.45) is -2.86. The number of anilines is 3. The van der Waals surface area contributed by atoms with Crippen molar-refractivity contribution >= 4 is 29.2 Å². The molecule has 1 saturated heterocycles. The number of aromatic nitrogens is 3. The second-order valence-corrected chi connectivity index (χ2v) is 6.49. The van der Waals surface area contributed by atoms with Crippen molar-refractivity contribution in [3.05, 3.63) is 35.1 Å². The van der Waals surface area contributed by atoms with E-state index in [0.717, 1.165) is 6.07 Å². The van der Waals surface area contributed by atoms with Gasteiger partial charge in [0.2, 0.25) is 5.95 Å². The smallest absolute Gasteiger partial charge is 0.363 e. The molecule has 0 bridgehead atoms. The summed E-state index contributed by atoms with van der Waals surface area (Å²) < 4.78 is 39.4. The molecule has 6 nitrogen and oxygen atoms in total. The number of alkyl halides is 3. The van der Waals surface area contributed by atoms with Crippen LogP contribution in [0.2, 0.25) is 5.02 Å². The second-order valence-electron chi connectivity index (χ2n) is 6.09. The molecule has 0 aliphatic carbocycles. The van der Waals surface area contributed by atoms with Gasteiger partial charge in [-0.1, -0.05) is 11.6 Å². The van der Waals surface area contributed by atoms with Crippen LogP contribution in [0.1, 0.15) is 5.69 Å². The Hall–Kier alpha value is -2.29. The van der Waals surface area contributed by atoms with Crippen LogP contribution >= 0.6 is 11.6 Å². The average Bonchev–Trinajstić information content (AvgIpc) is 2.61. The molecule has 0 aromatic carbocycles. The van der Waals surface area contributed by atoms with Gasteiger partial charge in [-0.25, -0.2) is 9.97 Å². The third kappa shape index (κ3) is 3.92. The zero-order valence-electron chi connectivity index (χ0n) is 14.3. The molecule has 3 heterocycles. The fourth-order valence-corrected chi connectivity index (χ4v) is 2.91. The molecule has 0 spiro atoms. The third-order valence-corrected chi connectivity index (χ3v) is 4.35. The van der Waals surface area contributed by atoms with E-state index in [2.05, 4.69) is 15.0 Å². The molecule has 2 aromatic rings. The largest absolute Gasteiger partial charge is 0.433 e. The first-order valence-corrected chi connectivity index (χ1v) is 8.37. The molecule has 26 heavy (non-hydrogen) atoms. The van der Waals surface area contributed by atoms with E-state index >= 15 is 0 Å². The predicted octanol–water partition coefficient (Wildman–Crippen LogP) is 2.94. The standard InChI is InChI=1S/C16H18ClF3N6/c1-24(2)13-10-12(16(18,19)20)22-15(23-13)26-8-6-25(7-9-26)14-11(17)4-3-5-21-14/h3-5,10H,6-9H2,1-2H3. The van der Waals surface area contributed by atoms with Crippen LogP contribution in [-0.2, 0) is 6.18 Å². The number of hydrogen-bond acceptors (Lipinski definition) is 6. The van der Waals surface area contributed by atoms with Gasteiger partial charge in [0.25, 0.3) is 0 Å². The Morgan fingerprint density at radius 3 is 2.31 bits per heavy atom. The predicted molar refractivity (Wildman–Crippen MR) is 95.0 cm³/mol. The van der Waals surface area contributed by atoms with E-state index in [9.17, 15) is 13.2 Å². The van der Waals surface area contributed by atoms with E-state index in [-0.39, 0.29) is 11.8 Å². The van der Waals surface area contributed by atoms with Crippen molar-refractivity contribution in [3.63, 3.8) is 0 Å². The fourth-order valence-electron chi connectivity index (χ4n) is 2.67. The zero-order valence-corrected chi connectivity index (χ0v) is 15.1. The topological polar surface area (TPSA) is 48.4 Å². The molecule has 10 heteroatoms. The Morgan fingerprint density at radius 1 is 1.08 bits per heavy atom. The molecule has 2 aromatic heterocycles. The van der Waals surface area contributed by atoms with E-state index < -0.39 is 11.9 Å². The number of rotatable bonds is 3. The molecular weight excluding hydrogens is 369 g/mol. The zero-order chi connectivity index (χ0) is 18.9. The number of piperazine rings is 1.